The van der Waals surface area contributed by atoms with E-state index in [9.17, 15) is 10.1 Å². The summed E-state index contributed by atoms with van der Waals surface area (Å²) in [4.78, 5) is 10.0. The zero-order valence-corrected chi connectivity index (χ0v) is 20.0. The Hall–Kier alpha value is -2.94. The zero-order valence-electron chi connectivity index (χ0n) is 20.0. The molecule has 0 amide bonds. The first-order valence-electron chi connectivity index (χ1n) is 11.0. The Morgan fingerprint density at radius 1 is 0.613 bits per heavy atom. The van der Waals surface area contributed by atoms with Crippen LogP contribution in [0.15, 0.2) is 78.9 Å². The van der Waals surface area contributed by atoms with E-state index >= 15 is 0 Å². The Labute approximate surface area is 188 Å². The number of hydrogen-bond acceptors (Lipinski definition) is 2. The summed E-state index contributed by atoms with van der Waals surface area (Å²) in [6.45, 7) is 15.0. The predicted octanol–water partition coefficient (Wildman–Crippen LogP) is 8.65. The van der Waals surface area contributed by atoms with Gasteiger partial charge in [-0.3, -0.25) is 10.1 Å². The topological polar surface area (TPSA) is 43.1 Å². The maximum absolute atomic E-state index is 10.4. The molecule has 0 spiro atoms. The molecule has 0 bridgehead atoms. The molecular formula is C28H37NO2. The molecule has 0 aliphatic carbocycles. The molecule has 31 heavy (non-hydrogen) atoms. The van der Waals surface area contributed by atoms with Gasteiger partial charge in [-0.2, -0.15) is 0 Å². The number of nitro groups is 1. The van der Waals surface area contributed by atoms with Gasteiger partial charge in [0.1, 0.15) is 0 Å². The van der Waals surface area contributed by atoms with Crippen LogP contribution in [0.1, 0.15) is 81.5 Å². The molecule has 0 aromatic heterocycles. The summed E-state index contributed by atoms with van der Waals surface area (Å²) in [6.07, 6.45) is 0. The van der Waals surface area contributed by atoms with Crippen LogP contribution in [0, 0.1) is 17.0 Å². The molecule has 0 heterocycles. The molecule has 0 unspecified atom stereocenters. The SMILES string of the molecule is CC(C)c1cccc([N+](=O)[O-])c1.CC(C)c1ccccc1.Cc1ccc(C(C)C)cc1. The Morgan fingerprint density at radius 2 is 1.06 bits per heavy atom. The van der Waals surface area contributed by atoms with E-state index < -0.39 is 0 Å². The Kier molecular flexibility index (Phi) is 11.3. The van der Waals surface area contributed by atoms with Gasteiger partial charge in [0, 0.05) is 12.1 Å². The molecule has 0 radical (unpaired) electrons. The monoisotopic (exact) mass is 419 g/mol. The standard InChI is InChI=1S/C10H14.C9H11NO2.C9H12/c1-8(2)10-6-4-9(3)5-7-10;1-7(2)8-4-3-5-9(6-8)10(11)12;1-8(2)9-6-4-3-5-7-9/h4-8H,1-3H3;3-7H,1-2H3;3-8H,1-2H3. The van der Waals surface area contributed by atoms with Gasteiger partial charge >= 0.3 is 0 Å². The van der Waals surface area contributed by atoms with Crippen molar-refractivity contribution in [2.24, 2.45) is 0 Å². The van der Waals surface area contributed by atoms with Gasteiger partial charge in [0.25, 0.3) is 5.69 Å². The third-order valence-corrected chi connectivity index (χ3v) is 4.96. The highest BCUT2D eigenvalue weighted by Gasteiger charge is 2.06. The second-order valence-corrected chi connectivity index (χ2v) is 8.64. The molecule has 166 valence electrons. The maximum atomic E-state index is 10.4. The highest BCUT2D eigenvalue weighted by Crippen LogP contribution is 2.19. The molecule has 0 atom stereocenters. The van der Waals surface area contributed by atoms with Crippen LogP contribution in [-0.4, -0.2) is 4.92 Å². The van der Waals surface area contributed by atoms with Crippen molar-refractivity contribution in [3.8, 4) is 0 Å². The van der Waals surface area contributed by atoms with Crippen molar-refractivity contribution in [1.29, 1.82) is 0 Å². The van der Waals surface area contributed by atoms with E-state index in [0.29, 0.717) is 17.8 Å². The fourth-order valence-electron chi connectivity index (χ4n) is 2.79. The summed E-state index contributed by atoms with van der Waals surface area (Å²) in [5, 5.41) is 10.4. The fourth-order valence-corrected chi connectivity index (χ4v) is 2.79. The van der Waals surface area contributed by atoms with Crippen molar-refractivity contribution < 1.29 is 4.92 Å². The molecule has 0 N–H and O–H groups in total. The molecular weight excluding hydrogens is 382 g/mol. The zero-order chi connectivity index (χ0) is 23.4. The number of nitrogens with zero attached hydrogens (tertiary/aromatic N) is 1. The average Bonchev–Trinajstić information content (AvgIpc) is 2.75. The van der Waals surface area contributed by atoms with Gasteiger partial charge in [-0.25, -0.2) is 0 Å². The molecule has 0 fully saturated rings. The van der Waals surface area contributed by atoms with Crippen molar-refractivity contribution >= 4 is 5.69 Å². The number of non-ortho nitro benzene ring substituents is 1. The fraction of sp³-hybridized carbons (Fsp3) is 0.357. The number of hydrogen-bond donors (Lipinski definition) is 0. The lowest BCUT2D eigenvalue weighted by molar-refractivity contribution is -0.384. The number of nitro benzene ring substituents is 1. The highest BCUT2D eigenvalue weighted by atomic mass is 16.6. The first-order chi connectivity index (χ1) is 14.6. The van der Waals surface area contributed by atoms with E-state index in [2.05, 4.69) is 83.1 Å². The quantitative estimate of drug-likeness (QED) is 0.314. The van der Waals surface area contributed by atoms with Gasteiger partial charge in [-0.15, -0.1) is 0 Å². The second kappa shape index (κ2) is 13.4. The molecule has 3 heteroatoms. The van der Waals surface area contributed by atoms with E-state index in [1.165, 1.54) is 22.8 Å². The van der Waals surface area contributed by atoms with Crippen LogP contribution in [-0.2, 0) is 0 Å². The van der Waals surface area contributed by atoms with Crippen LogP contribution in [0.25, 0.3) is 0 Å². The molecule has 3 nitrogen and oxygen atoms in total. The summed E-state index contributed by atoms with van der Waals surface area (Å²) in [7, 11) is 0. The first kappa shape index (κ1) is 26.1. The summed E-state index contributed by atoms with van der Waals surface area (Å²) >= 11 is 0. The smallest absolute Gasteiger partial charge is 0.258 e. The Bertz CT molecular complexity index is 898. The van der Waals surface area contributed by atoms with Crippen LogP contribution in [0.3, 0.4) is 0 Å². The van der Waals surface area contributed by atoms with Gasteiger partial charge in [0.05, 0.1) is 4.92 Å². The molecule has 0 saturated carbocycles. The van der Waals surface area contributed by atoms with Gasteiger partial charge in [0.2, 0.25) is 0 Å². The summed E-state index contributed by atoms with van der Waals surface area (Å²) in [5.74, 6) is 1.65. The van der Waals surface area contributed by atoms with Crippen molar-refractivity contribution in [2.45, 2.75) is 66.2 Å². The molecule has 0 saturated heterocycles. The lowest BCUT2D eigenvalue weighted by atomic mass is 10.0. The van der Waals surface area contributed by atoms with Crippen molar-refractivity contribution in [3.63, 3.8) is 0 Å². The second-order valence-electron chi connectivity index (χ2n) is 8.64. The van der Waals surface area contributed by atoms with Crippen LogP contribution >= 0.6 is 0 Å². The lowest BCUT2D eigenvalue weighted by Crippen LogP contribution is -1.91. The highest BCUT2D eigenvalue weighted by molar-refractivity contribution is 5.35. The van der Waals surface area contributed by atoms with Crippen LogP contribution in [0.4, 0.5) is 5.69 Å². The molecule has 3 aromatic rings. The number of benzene rings is 3. The van der Waals surface area contributed by atoms with E-state index in [1.807, 2.05) is 26.0 Å². The van der Waals surface area contributed by atoms with Crippen molar-refractivity contribution in [3.05, 3.63) is 111 Å². The normalized spacial score (nSPS) is 10.3. The van der Waals surface area contributed by atoms with Gasteiger partial charge < -0.3 is 0 Å². The average molecular weight is 420 g/mol. The van der Waals surface area contributed by atoms with E-state index in [-0.39, 0.29) is 10.6 Å². The van der Waals surface area contributed by atoms with Crippen molar-refractivity contribution in [1.82, 2.24) is 0 Å². The van der Waals surface area contributed by atoms with E-state index in [1.54, 1.807) is 12.1 Å². The van der Waals surface area contributed by atoms with E-state index in [4.69, 9.17) is 0 Å². The van der Waals surface area contributed by atoms with Crippen LogP contribution in [0.2, 0.25) is 0 Å². The molecule has 3 rings (SSSR count). The minimum absolute atomic E-state index is 0.168. The van der Waals surface area contributed by atoms with Gasteiger partial charge in [0.15, 0.2) is 0 Å². The third-order valence-electron chi connectivity index (χ3n) is 4.96. The Balaban J connectivity index is 0.000000235. The minimum atomic E-state index is -0.369. The first-order valence-corrected chi connectivity index (χ1v) is 11.0. The largest absolute Gasteiger partial charge is 0.269 e. The molecule has 0 aliphatic heterocycles. The lowest BCUT2D eigenvalue weighted by Gasteiger charge is -2.03. The van der Waals surface area contributed by atoms with Crippen LogP contribution < -0.4 is 0 Å². The summed E-state index contributed by atoms with van der Waals surface area (Å²) in [6, 6.07) is 26.0. The molecule has 0 aliphatic rings. The number of aryl methyl sites for hydroxylation is 1. The minimum Gasteiger partial charge on any atom is -0.258 e. The number of rotatable bonds is 4. The third kappa shape index (κ3) is 10.1. The molecule has 3 aromatic carbocycles. The van der Waals surface area contributed by atoms with Gasteiger partial charge in [-0.1, -0.05) is 114 Å². The Morgan fingerprint density at radius 3 is 1.48 bits per heavy atom. The predicted molar refractivity (Wildman–Crippen MR) is 133 cm³/mol. The summed E-state index contributed by atoms with van der Waals surface area (Å²) < 4.78 is 0. The summed E-state index contributed by atoms with van der Waals surface area (Å²) in [5.41, 5.74) is 5.35. The van der Waals surface area contributed by atoms with E-state index in [0.717, 1.165) is 5.56 Å². The van der Waals surface area contributed by atoms with Gasteiger partial charge in [-0.05, 0) is 41.4 Å². The van der Waals surface area contributed by atoms with Crippen molar-refractivity contribution in [2.75, 3.05) is 0 Å². The van der Waals surface area contributed by atoms with Crippen LogP contribution in [0.5, 0.6) is 0 Å². The maximum Gasteiger partial charge on any atom is 0.269 e.